The molecule has 0 amide bonds. The Morgan fingerprint density at radius 3 is 2.84 bits per heavy atom. The van der Waals surface area contributed by atoms with Crippen molar-refractivity contribution in [3.8, 4) is 11.8 Å². The number of piperidine rings is 1. The minimum absolute atomic E-state index is 0.0355. The lowest BCUT2D eigenvalue weighted by Crippen LogP contribution is -2.44. The van der Waals surface area contributed by atoms with Gasteiger partial charge in [-0.3, -0.25) is 19.1 Å². The van der Waals surface area contributed by atoms with Gasteiger partial charge in [-0.05, 0) is 37.1 Å². The van der Waals surface area contributed by atoms with Crippen molar-refractivity contribution in [2.45, 2.75) is 32.0 Å². The Labute approximate surface area is 213 Å². The maximum atomic E-state index is 13.8. The molecule has 0 radical (unpaired) electrons. The van der Waals surface area contributed by atoms with E-state index in [1.807, 2.05) is 18.2 Å². The molecular weight excluding hydrogens is 470 g/mol. The maximum absolute atomic E-state index is 13.8. The molecule has 10 nitrogen and oxygen atoms in total. The molecule has 1 saturated heterocycles. The molecule has 1 aliphatic rings. The zero-order valence-corrected chi connectivity index (χ0v) is 20.5. The van der Waals surface area contributed by atoms with Gasteiger partial charge in [0.15, 0.2) is 5.78 Å². The lowest BCUT2D eigenvalue weighted by atomic mass is 10.1. The molecule has 4 aromatic rings. The van der Waals surface area contributed by atoms with Crippen molar-refractivity contribution in [1.82, 2.24) is 19.1 Å². The normalized spacial score (nSPS) is 15.5. The molecule has 5 rings (SSSR count). The van der Waals surface area contributed by atoms with E-state index >= 15 is 0 Å². The minimum atomic E-state index is -0.402. The van der Waals surface area contributed by atoms with Crippen molar-refractivity contribution in [2.24, 2.45) is 5.73 Å². The Morgan fingerprint density at radius 1 is 1.24 bits per heavy atom. The average molecular weight is 498 g/mol. The summed E-state index contributed by atoms with van der Waals surface area (Å²) >= 11 is 0. The molecule has 1 atom stereocenters. The first-order chi connectivity index (χ1) is 18.0. The number of methoxy groups -OCH3 is 1. The number of aromatic nitrogens is 4. The van der Waals surface area contributed by atoms with Crippen molar-refractivity contribution < 1.29 is 9.53 Å². The van der Waals surface area contributed by atoms with Gasteiger partial charge in [0.05, 0.1) is 32.2 Å². The molecular formula is C27H27N7O3. The van der Waals surface area contributed by atoms with Gasteiger partial charge >= 0.3 is 0 Å². The number of ketones is 1. The summed E-state index contributed by atoms with van der Waals surface area (Å²) < 4.78 is 8.30. The van der Waals surface area contributed by atoms with Gasteiger partial charge in [-0.15, -0.1) is 0 Å². The second-order valence-electron chi connectivity index (χ2n) is 9.10. The molecule has 3 aromatic heterocycles. The van der Waals surface area contributed by atoms with Crippen LogP contribution < -0.4 is 20.9 Å². The van der Waals surface area contributed by atoms with Crippen LogP contribution in [0.4, 0.5) is 5.82 Å². The molecule has 37 heavy (non-hydrogen) atoms. The standard InChI is InChI=1S/C27H27N7O3/c1-37-21-9-4-6-18(12-21)23(35)16-33-17-31-24-22(13-28)26(32-11-5-7-19(29)14-32)34(25(24)27(33)36)15-20-8-2-3-10-30-20/h2-4,6,8-10,12,17,19H,5,7,11,14-16,29H2,1H3. The number of hydrogen-bond donors (Lipinski definition) is 1. The van der Waals surface area contributed by atoms with E-state index in [2.05, 4.69) is 20.9 Å². The van der Waals surface area contributed by atoms with Crippen molar-refractivity contribution >= 4 is 22.6 Å². The van der Waals surface area contributed by atoms with Gasteiger partial charge in [-0.25, -0.2) is 4.98 Å². The third-order valence-electron chi connectivity index (χ3n) is 6.62. The number of Topliss-reactive ketones (excluding diaryl/α,β-unsaturated/α-hetero) is 1. The Hall–Kier alpha value is -4.49. The summed E-state index contributed by atoms with van der Waals surface area (Å²) in [6.45, 7) is 1.35. The summed E-state index contributed by atoms with van der Waals surface area (Å²) in [4.78, 5) is 37.8. The zero-order chi connectivity index (χ0) is 25.9. The van der Waals surface area contributed by atoms with Gasteiger partial charge in [-0.1, -0.05) is 18.2 Å². The van der Waals surface area contributed by atoms with Crippen LogP contribution in [-0.2, 0) is 13.1 Å². The molecule has 1 unspecified atom stereocenters. The molecule has 1 fully saturated rings. The van der Waals surface area contributed by atoms with Crippen LogP contribution >= 0.6 is 0 Å². The second kappa shape index (κ2) is 10.2. The second-order valence-corrected chi connectivity index (χ2v) is 9.10. The number of carbonyl (C=O) groups is 1. The predicted octanol–water partition coefficient (Wildman–Crippen LogP) is 2.33. The van der Waals surface area contributed by atoms with Gasteiger partial charge in [0.25, 0.3) is 5.56 Å². The van der Waals surface area contributed by atoms with Crippen molar-refractivity contribution in [1.29, 1.82) is 5.26 Å². The largest absolute Gasteiger partial charge is 0.497 e. The van der Waals surface area contributed by atoms with E-state index in [9.17, 15) is 14.9 Å². The van der Waals surface area contributed by atoms with E-state index in [1.54, 1.807) is 35.0 Å². The van der Waals surface area contributed by atoms with Crippen molar-refractivity contribution in [3.63, 3.8) is 0 Å². The van der Waals surface area contributed by atoms with Crippen LogP contribution in [0.3, 0.4) is 0 Å². The van der Waals surface area contributed by atoms with Crippen LogP contribution in [0.2, 0.25) is 0 Å². The van der Waals surface area contributed by atoms with E-state index in [-0.39, 0.29) is 30.4 Å². The number of nitrogens with two attached hydrogens (primary N) is 1. The molecule has 1 aliphatic heterocycles. The quantitative estimate of drug-likeness (QED) is 0.385. The van der Waals surface area contributed by atoms with Crippen LogP contribution in [0, 0.1) is 11.3 Å². The smallest absolute Gasteiger partial charge is 0.278 e. The van der Waals surface area contributed by atoms with Gasteiger partial charge in [-0.2, -0.15) is 5.26 Å². The Morgan fingerprint density at radius 2 is 2.11 bits per heavy atom. The third kappa shape index (κ3) is 4.69. The molecule has 0 bridgehead atoms. The summed E-state index contributed by atoms with van der Waals surface area (Å²) in [6.07, 6.45) is 4.80. The fourth-order valence-corrected chi connectivity index (χ4v) is 4.85. The number of nitrogens with zero attached hydrogens (tertiary/aromatic N) is 6. The van der Waals surface area contributed by atoms with Crippen LogP contribution in [0.5, 0.6) is 5.75 Å². The van der Waals surface area contributed by atoms with Crippen LogP contribution in [0.1, 0.15) is 34.5 Å². The van der Waals surface area contributed by atoms with E-state index in [4.69, 9.17) is 10.5 Å². The maximum Gasteiger partial charge on any atom is 0.278 e. The topological polar surface area (TPSA) is 132 Å². The first-order valence-electron chi connectivity index (χ1n) is 12.1. The number of anilines is 1. The minimum Gasteiger partial charge on any atom is -0.497 e. The lowest BCUT2D eigenvalue weighted by Gasteiger charge is -2.33. The van der Waals surface area contributed by atoms with Crippen LogP contribution in [-0.4, -0.2) is 51.1 Å². The number of pyridine rings is 1. The summed E-state index contributed by atoms with van der Waals surface area (Å²) in [5, 5.41) is 10.1. The first-order valence-corrected chi connectivity index (χ1v) is 12.1. The van der Waals surface area contributed by atoms with E-state index < -0.39 is 5.56 Å². The number of benzene rings is 1. The van der Waals surface area contributed by atoms with Gasteiger partial charge < -0.3 is 19.9 Å². The van der Waals surface area contributed by atoms with Crippen molar-refractivity contribution in [2.75, 3.05) is 25.1 Å². The summed E-state index contributed by atoms with van der Waals surface area (Å²) in [6, 6.07) is 14.6. The van der Waals surface area contributed by atoms with Crippen molar-refractivity contribution in [3.05, 3.63) is 82.2 Å². The zero-order valence-electron chi connectivity index (χ0n) is 20.5. The fourth-order valence-electron chi connectivity index (χ4n) is 4.85. The first kappa shape index (κ1) is 24.2. The fraction of sp³-hybridized carbons (Fsp3) is 0.296. The molecule has 1 aromatic carbocycles. The Kier molecular flexibility index (Phi) is 6.70. The van der Waals surface area contributed by atoms with Crippen LogP contribution in [0.15, 0.2) is 59.8 Å². The molecule has 0 spiro atoms. The number of nitriles is 1. The van der Waals surface area contributed by atoms with E-state index in [0.29, 0.717) is 41.3 Å². The number of hydrogen-bond acceptors (Lipinski definition) is 8. The number of ether oxygens (including phenoxy) is 1. The number of carbonyl (C=O) groups excluding carboxylic acids is 1. The highest BCUT2D eigenvalue weighted by Gasteiger charge is 2.29. The summed E-state index contributed by atoms with van der Waals surface area (Å²) in [5.41, 5.74) is 7.91. The molecule has 2 N–H and O–H groups in total. The predicted molar refractivity (Wildman–Crippen MR) is 139 cm³/mol. The average Bonchev–Trinajstić information content (AvgIpc) is 3.24. The molecule has 10 heteroatoms. The Bertz CT molecular complexity index is 1550. The lowest BCUT2D eigenvalue weighted by molar-refractivity contribution is 0.0970. The molecule has 0 saturated carbocycles. The number of fused-ring (bicyclic) bond motifs is 1. The summed E-state index contributed by atoms with van der Waals surface area (Å²) in [7, 11) is 1.53. The van der Waals surface area contributed by atoms with Gasteiger partial charge in [0.2, 0.25) is 0 Å². The Balaban J connectivity index is 1.64. The third-order valence-corrected chi connectivity index (χ3v) is 6.62. The van der Waals surface area contributed by atoms with E-state index in [0.717, 1.165) is 18.5 Å². The highest BCUT2D eigenvalue weighted by atomic mass is 16.5. The monoisotopic (exact) mass is 497 g/mol. The highest BCUT2D eigenvalue weighted by Crippen LogP contribution is 2.32. The number of rotatable bonds is 7. The highest BCUT2D eigenvalue weighted by molar-refractivity contribution is 5.96. The van der Waals surface area contributed by atoms with Crippen LogP contribution in [0.25, 0.3) is 11.0 Å². The molecule has 4 heterocycles. The SMILES string of the molecule is COc1cccc(C(=O)Cn2cnc3c(C#N)c(N4CCCC(N)C4)n(Cc4ccccn4)c3c2=O)c1. The summed E-state index contributed by atoms with van der Waals surface area (Å²) in [5.74, 6) is 0.909. The van der Waals surface area contributed by atoms with Gasteiger partial charge in [0.1, 0.15) is 34.2 Å². The van der Waals surface area contributed by atoms with E-state index in [1.165, 1.54) is 18.0 Å². The molecule has 0 aliphatic carbocycles. The molecule has 188 valence electrons. The van der Waals surface area contributed by atoms with Gasteiger partial charge in [0, 0.05) is 30.9 Å².